The number of hydrogen-bond acceptors (Lipinski definition) is 5. The number of thiophene rings is 2. The van der Waals surface area contributed by atoms with Crippen molar-refractivity contribution in [3.8, 4) is 67.8 Å². The smallest absolute Gasteiger partial charge is 0.164 e. The Labute approximate surface area is 444 Å². The van der Waals surface area contributed by atoms with Crippen LogP contribution in [0.15, 0.2) is 249 Å². The molecule has 0 aliphatic carbocycles. The quantitative estimate of drug-likeness (QED) is 0.160. The van der Waals surface area contributed by atoms with E-state index in [-0.39, 0.29) is 0 Å². The van der Waals surface area contributed by atoms with E-state index in [0.717, 1.165) is 44.8 Å². The zero-order valence-electron chi connectivity index (χ0n) is 40.7. The fourth-order valence-corrected chi connectivity index (χ4v) is 14.5. The standard InChI is InChI=1S/C69H41N5S2/c1-5-19-42(20-6-1)67-70-68(43-21-7-2-8-22-43)72-69(71-67)58-41-44(47-29-17-31-54-56-39-37-51-49-27-13-15-33-59(49)73(45-23-9-3-10-24-45)61(51)65(56)75-63(47)54)35-36-48(58)53-30-18-32-55-57-40-38-52-50-28-14-16-34-60(50)74(46-25-11-4-12-26-46)62(52)66(57)76-64(53)55/h1-41H. The fraction of sp³-hybridized carbons (Fsp3) is 0. The van der Waals surface area contributed by atoms with E-state index in [1.165, 1.54) is 89.5 Å². The minimum Gasteiger partial charge on any atom is -0.308 e. The molecule has 16 rings (SSSR count). The van der Waals surface area contributed by atoms with Crippen molar-refractivity contribution < 1.29 is 0 Å². The molecule has 0 atom stereocenters. The molecule has 354 valence electrons. The lowest BCUT2D eigenvalue weighted by Gasteiger charge is -2.15. The molecule has 0 saturated carbocycles. The van der Waals surface area contributed by atoms with Gasteiger partial charge >= 0.3 is 0 Å². The average molecular weight is 1000 g/mol. The number of aromatic nitrogens is 5. The third-order valence-electron chi connectivity index (χ3n) is 15.2. The van der Waals surface area contributed by atoms with Gasteiger partial charge in [0.2, 0.25) is 0 Å². The van der Waals surface area contributed by atoms with E-state index >= 15 is 0 Å². The summed E-state index contributed by atoms with van der Waals surface area (Å²) in [5.74, 6) is 1.87. The number of fused-ring (bicyclic) bond motifs is 14. The van der Waals surface area contributed by atoms with Crippen LogP contribution in [-0.4, -0.2) is 24.1 Å². The van der Waals surface area contributed by atoms with Crippen LogP contribution in [0.2, 0.25) is 0 Å². The van der Waals surface area contributed by atoms with E-state index in [4.69, 9.17) is 15.0 Å². The van der Waals surface area contributed by atoms with Crippen molar-refractivity contribution in [3.63, 3.8) is 0 Å². The Hall–Kier alpha value is -9.53. The van der Waals surface area contributed by atoms with E-state index < -0.39 is 0 Å². The number of hydrogen-bond donors (Lipinski definition) is 0. The van der Waals surface area contributed by atoms with Crippen LogP contribution in [0.1, 0.15) is 0 Å². The molecular formula is C69H41N5S2. The van der Waals surface area contributed by atoms with Gasteiger partial charge in [0.25, 0.3) is 0 Å². The van der Waals surface area contributed by atoms with Crippen molar-refractivity contribution >= 4 is 107 Å². The van der Waals surface area contributed by atoms with Gasteiger partial charge in [-0.15, -0.1) is 22.7 Å². The Morgan fingerprint density at radius 3 is 1.18 bits per heavy atom. The minimum absolute atomic E-state index is 0.617. The predicted octanol–water partition coefficient (Wildman–Crippen LogP) is 19.1. The van der Waals surface area contributed by atoms with Gasteiger partial charge in [0.15, 0.2) is 17.5 Å². The zero-order chi connectivity index (χ0) is 49.8. The summed E-state index contributed by atoms with van der Waals surface area (Å²) >= 11 is 3.75. The summed E-state index contributed by atoms with van der Waals surface area (Å²) in [6.07, 6.45) is 0. The Morgan fingerprint density at radius 2 is 0.658 bits per heavy atom. The lowest BCUT2D eigenvalue weighted by Crippen LogP contribution is -2.01. The Balaban J connectivity index is 0.968. The summed E-state index contributed by atoms with van der Waals surface area (Å²) in [6.45, 7) is 0. The molecular weight excluding hydrogens is 963 g/mol. The third-order valence-corrected chi connectivity index (χ3v) is 17.7. The van der Waals surface area contributed by atoms with E-state index in [0.29, 0.717) is 17.5 Å². The van der Waals surface area contributed by atoms with Gasteiger partial charge in [-0.1, -0.05) is 206 Å². The van der Waals surface area contributed by atoms with Crippen LogP contribution in [0.4, 0.5) is 0 Å². The van der Waals surface area contributed by atoms with Crippen molar-refractivity contribution in [3.05, 3.63) is 249 Å². The van der Waals surface area contributed by atoms with Gasteiger partial charge in [-0.05, 0) is 59.2 Å². The van der Waals surface area contributed by atoms with Gasteiger partial charge in [0.05, 0.1) is 31.5 Å². The van der Waals surface area contributed by atoms with Crippen LogP contribution in [0.5, 0.6) is 0 Å². The van der Waals surface area contributed by atoms with Crippen molar-refractivity contribution in [1.82, 2.24) is 24.1 Å². The van der Waals surface area contributed by atoms with Crippen LogP contribution in [0.25, 0.3) is 152 Å². The summed E-state index contributed by atoms with van der Waals surface area (Å²) in [6, 6.07) is 89.5. The van der Waals surface area contributed by atoms with Crippen LogP contribution in [0, 0.1) is 0 Å². The summed E-state index contributed by atoms with van der Waals surface area (Å²) in [5.41, 5.74) is 14.4. The van der Waals surface area contributed by atoms with Gasteiger partial charge < -0.3 is 9.13 Å². The monoisotopic (exact) mass is 1000 g/mol. The van der Waals surface area contributed by atoms with Gasteiger partial charge in [-0.2, -0.15) is 0 Å². The third kappa shape index (κ3) is 6.53. The molecule has 5 nitrogen and oxygen atoms in total. The Kier molecular flexibility index (Phi) is 9.61. The van der Waals surface area contributed by atoms with Crippen molar-refractivity contribution in [2.24, 2.45) is 0 Å². The maximum atomic E-state index is 5.42. The van der Waals surface area contributed by atoms with Crippen LogP contribution < -0.4 is 0 Å². The molecule has 76 heavy (non-hydrogen) atoms. The first-order valence-electron chi connectivity index (χ1n) is 25.6. The zero-order valence-corrected chi connectivity index (χ0v) is 42.4. The van der Waals surface area contributed by atoms with Crippen molar-refractivity contribution in [2.75, 3.05) is 0 Å². The molecule has 11 aromatic carbocycles. The topological polar surface area (TPSA) is 48.5 Å². The average Bonchev–Trinajstić information content (AvgIpc) is 4.42. The molecule has 0 aliphatic heterocycles. The number of nitrogens with zero attached hydrogens (tertiary/aromatic N) is 5. The highest BCUT2D eigenvalue weighted by Gasteiger charge is 2.24. The first kappa shape index (κ1) is 42.9. The van der Waals surface area contributed by atoms with E-state index in [2.05, 4.69) is 221 Å². The molecule has 0 saturated heterocycles. The van der Waals surface area contributed by atoms with Crippen LogP contribution >= 0.6 is 22.7 Å². The van der Waals surface area contributed by atoms with Gasteiger partial charge in [0.1, 0.15) is 0 Å². The van der Waals surface area contributed by atoms with Crippen LogP contribution in [0.3, 0.4) is 0 Å². The first-order valence-corrected chi connectivity index (χ1v) is 27.2. The van der Waals surface area contributed by atoms with E-state index in [1.54, 1.807) is 0 Å². The molecule has 0 spiro atoms. The summed E-state index contributed by atoms with van der Waals surface area (Å²) in [5, 5.41) is 9.94. The molecule has 0 radical (unpaired) electrons. The Bertz CT molecular complexity index is 4920. The molecule has 0 fully saturated rings. The van der Waals surface area contributed by atoms with Gasteiger partial charge in [-0.25, -0.2) is 15.0 Å². The normalized spacial score (nSPS) is 11.9. The molecule has 7 heteroatoms. The second kappa shape index (κ2) is 17.0. The number of para-hydroxylation sites is 4. The summed E-state index contributed by atoms with van der Waals surface area (Å²) in [4.78, 5) is 16.0. The number of rotatable bonds is 7. The molecule has 5 aromatic heterocycles. The molecule has 0 bridgehead atoms. The maximum Gasteiger partial charge on any atom is 0.164 e. The molecule has 0 aliphatic rings. The molecule has 0 amide bonds. The maximum absolute atomic E-state index is 5.42. The lowest BCUT2D eigenvalue weighted by atomic mass is 9.93. The van der Waals surface area contributed by atoms with Gasteiger partial charge in [-0.3, -0.25) is 0 Å². The molecule has 0 unspecified atom stereocenters. The molecule has 16 aromatic rings. The number of benzene rings is 11. The van der Waals surface area contributed by atoms with Gasteiger partial charge in [0, 0.05) is 86.1 Å². The summed E-state index contributed by atoms with van der Waals surface area (Å²) < 4.78 is 9.88. The SMILES string of the molecule is c1ccc(-c2nc(-c3ccccc3)nc(-c3cc(-c4cccc5c4sc4c5ccc5c6ccccc6n(-c6ccccc6)c54)ccc3-c3cccc4c3sc3c4ccc4c5ccccc5n(-c5ccccc5)c43)n2)cc1. The first-order chi connectivity index (χ1) is 37.7. The van der Waals surface area contributed by atoms with Crippen molar-refractivity contribution in [1.29, 1.82) is 0 Å². The molecule has 5 heterocycles. The van der Waals surface area contributed by atoms with Crippen molar-refractivity contribution in [2.45, 2.75) is 0 Å². The highest BCUT2D eigenvalue weighted by Crippen LogP contribution is 2.50. The van der Waals surface area contributed by atoms with Crippen LogP contribution in [-0.2, 0) is 0 Å². The van der Waals surface area contributed by atoms with E-state index in [9.17, 15) is 0 Å². The summed E-state index contributed by atoms with van der Waals surface area (Å²) in [7, 11) is 0. The fourth-order valence-electron chi connectivity index (χ4n) is 11.8. The second-order valence-electron chi connectivity index (χ2n) is 19.4. The largest absolute Gasteiger partial charge is 0.308 e. The Morgan fingerprint density at radius 1 is 0.250 bits per heavy atom. The highest BCUT2D eigenvalue weighted by atomic mass is 32.1. The highest BCUT2D eigenvalue weighted by molar-refractivity contribution is 7.27. The predicted molar refractivity (Wildman–Crippen MR) is 321 cm³/mol. The lowest BCUT2D eigenvalue weighted by molar-refractivity contribution is 1.07. The molecule has 0 N–H and O–H groups in total. The van der Waals surface area contributed by atoms with E-state index in [1.807, 2.05) is 59.1 Å². The second-order valence-corrected chi connectivity index (χ2v) is 21.5. The minimum atomic E-state index is 0.617.